The number of hydrogen-bond acceptors (Lipinski definition) is 4. The molecule has 3 rings (SSSR count). The van der Waals surface area contributed by atoms with Crippen LogP contribution in [0.25, 0.3) is 5.69 Å². The van der Waals surface area contributed by atoms with Crippen LogP contribution in [0.1, 0.15) is 19.3 Å². The molecule has 1 aliphatic heterocycles. The Morgan fingerprint density at radius 2 is 2.08 bits per heavy atom. The van der Waals surface area contributed by atoms with Gasteiger partial charge in [-0.3, -0.25) is 4.79 Å². The Bertz CT molecular complexity index is 819. The van der Waals surface area contributed by atoms with Gasteiger partial charge in [0.05, 0.1) is 33.7 Å². The third-order valence-electron chi connectivity index (χ3n) is 4.21. The van der Waals surface area contributed by atoms with Gasteiger partial charge in [0.1, 0.15) is 5.02 Å². The molecule has 8 heteroatoms. The van der Waals surface area contributed by atoms with Crippen LogP contribution in [0.5, 0.6) is 0 Å². The molecule has 1 unspecified atom stereocenters. The molecular weight excluding hydrogens is 385 g/mol. The smallest absolute Gasteiger partial charge is 0.291 e. The summed E-state index contributed by atoms with van der Waals surface area (Å²) >= 11 is 18.1. The summed E-state index contributed by atoms with van der Waals surface area (Å²) in [6.07, 6.45) is 4.93. The Labute approximate surface area is 161 Å². The maximum Gasteiger partial charge on any atom is 0.291 e. The molecule has 0 bridgehead atoms. The van der Waals surface area contributed by atoms with E-state index in [4.69, 9.17) is 39.5 Å². The second-order valence-electron chi connectivity index (χ2n) is 6.03. The van der Waals surface area contributed by atoms with Gasteiger partial charge in [-0.05, 0) is 37.5 Å². The Balaban J connectivity index is 1.83. The Hall–Kier alpha value is -1.27. The molecule has 1 saturated heterocycles. The molecule has 0 radical (unpaired) electrons. The van der Waals surface area contributed by atoms with E-state index in [0.717, 1.165) is 31.7 Å². The lowest BCUT2D eigenvalue weighted by atomic mass is 10.1. The molecular formula is C17H18Cl3N3O2. The average Bonchev–Trinajstić information content (AvgIpc) is 2.60. The molecule has 25 heavy (non-hydrogen) atoms. The van der Waals surface area contributed by atoms with Gasteiger partial charge in [-0.2, -0.15) is 9.78 Å². The molecule has 1 atom stereocenters. The molecule has 2 aromatic rings. The highest BCUT2D eigenvalue weighted by Crippen LogP contribution is 2.28. The largest absolute Gasteiger partial charge is 0.376 e. The van der Waals surface area contributed by atoms with Crippen molar-refractivity contribution >= 4 is 40.5 Å². The zero-order valence-corrected chi connectivity index (χ0v) is 16.0. The molecule has 0 spiro atoms. The molecule has 1 aliphatic rings. The minimum absolute atomic E-state index is 0.0663. The first kappa shape index (κ1) is 18.5. The van der Waals surface area contributed by atoms with E-state index in [0.29, 0.717) is 10.7 Å². The zero-order valence-electron chi connectivity index (χ0n) is 13.7. The zero-order chi connectivity index (χ0) is 18.0. The van der Waals surface area contributed by atoms with Crippen molar-refractivity contribution in [2.24, 2.45) is 0 Å². The number of likely N-dealkylation sites (N-methyl/N-ethyl adjacent to an activating group) is 1. The predicted molar refractivity (Wildman–Crippen MR) is 102 cm³/mol. The van der Waals surface area contributed by atoms with E-state index in [1.807, 2.05) is 13.1 Å². The number of nitrogens with zero attached hydrogens (tertiary/aromatic N) is 3. The SMILES string of the molecule is CN(CC1CCCCO1)c1ccc(-n2ncc(Cl)c(Cl)c2=O)cc1Cl. The highest BCUT2D eigenvalue weighted by Gasteiger charge is 2.18. The molecule has 134 valence electrons. The van der Waals surface area contributed by atoms with Crippen molar-refractivity contribution < 1.29 is 4.74 Å². The summed E-state index contributed by atoms with van der Waals surface area (Å²) in [5.41, 5.74) is 0.911. The van der Waals surface area contributed by atoms with Crippen molar-refractivity contribution in [2.75, 3.05) is 25.1 Å². The highest BCUT2D eigenvalue weighted by molar-refractivity contribution is 6.41. The molecule has 1 fully saturated rings. The third-order valence-corrected chi connectivity index (χ3v) is 5.27. The topological polar surface area (TPSA) is 47.4 Å². The first-order valence-electron chi connectivity index (χ1n) is 8.03. The fourth-order valence-electron chi connectivity index (χ4n) is 2.89. The van der Waals surface area contributed by atoms with E-state index in [9.17, 15) is 4.79 Å². The van der Waals surface area contributed by atoms with E-state index in [1.54, 1.807) is 12.1 Å². The summed E-state index contributed by atoms with van der Waals surface area (Å²) < 4.78 is 6.95. The molecule has 0 saturated carbocycles. The molecule has 0 N–H and O–H groups in total. The van der Waals surface area contributed by atoms with Crippen LogP contribution in [0.3, 0.4) is 0 Å². The van der Waals surface area contributed by atoms with E-state index in [-0.39, 0.29) is 16.1 Å². The summed E-state index contributed by atoms with van der Waals surface area (Å²) in [6.45, 7) is 1.58. The fraction of sp³-hybridized carbons (Fsp3) is 0.412. The van der Waals surface area contributed by atoms with Crippen molar-refractivity contribution in [3.05, 3.63) is 49.8 Å². The summed E-state index contributed by atoms with van der Waals surface area (Å²) in [5, 5.41) is 4.59. The maximum absolute atomic E-state index is 12.2. The van der Waals surface area contributed by atoms with Crippen LogP contribution in [0.15, 0.2) is 29.2 Å². The molecule has 0 aliphatic carbocycles. The minimum Gasteiger partial charge on any atom is -0.376 e. The number of hydrogen-bond donors (Lipinski definition) is 0. The van der Waals surface area contributed by atoms with Crippen LogP contribution in [0, 0.1) is 0 Å². The number of rotatable bonds is 4. The number of aromatic nitrogens is 2. The maximum atomic E-state index is 12.2. The Morgan fingerprint density at radius 3 is 2.76 bits per heavy atom. The van der Waals surface area contributed by atoms with Crippen LogP contribution < -0.4 is 10.5 Å². The molecule has 1 aromatic heterocycles. The number of ether oxygens (including phenoxy) is 1. The van der Waals surface area contributed by atoms with Crippen molar-refractivity contribution in [3.63, 3.8) is 0 Å². The highest BCUT2D eigenvalue weighted by atomic mass is 35.5. The normalized spacial score (nSPS) is 17.5. The second kappa shape index (κ2) is 7.96. The number of benzene rings is 1. The Morgan fingerprint density at radius 1 is 1.28 bits per heavy atom. The fourth-order valence-corrected chi connectivity index (χ4v) is 3.46. The van der Waals surface area contributed by atoms with Crippen LogP contribution in [0.4, 0.5) is 5.69 Å². The van der Waals surface area contributed by atoms with Gasteiger partial charge >= 0.3 is 0 Å². The molecule has 0 amide bonds. The number of halogens is 3. The molecule has 2 heterocycles. The van der Waals surface area contributed by atoms with E-state index < -0.39 is 5.56 Å². The van der Waals surface area contributed by atoms with Crippen LogP contribution >= 0.6 is 34.8 Å². The predicted octanol–water partition coefficient (Wildman–Crippen LogP) is 4.20. The summed E-state index contributed by atoms with van der Waals surface area (Å²) in [4.78, 5) is 14.3. The van der Waals surface area contributed by atoms with Gasteiger partial charge in [-0.15, -0.1) is 0 Å². The van der Waals surface area contributed by atoms with Crippen LogP contribution in [0.2, 0.25) is 15.1 Å². The lowest BCUT2D eigenvalue weighted by molar-refractivity contribution is 0.0216. The lowest BCUT2D eigenvalue weighted by Gasteiger charge is -2.29. The summed E-state index contributed by atoms with van der Waals surface area (Å²) in [7, 11) is 1.97. The van der Waals surface area contributed by atoms with Gasteiger partial charge < -0.3 is 9.64 Å². The van der Waals surface area contributed by atoms with Gasteiger partial charge in [-0.1, -0.05) is 34.8 Å². The Kier molecular flexibility index (Phi) is 5.89. The first-order chi connectivity index (χ1) is 12.0. The third kappa shape index (κ3) is 4.11. The van der Waals surface area contributed by atoms with Gasteiger partial charge in [-0.25, -0.2) is 0 Å². The van der Waals surface area contributed by atoms with E-state index >= 15 is 0 Å². The van der Waals surface area contributed by atoms with Crippen molar-refractivity contribution in [3.8, 4) is 5.69 Å². The number of anilines is 1. The lowest BCUT2D eigenvalue weighted by Crippen LogP contribution is -2.33. The van der Waals surface area contributed by atoms with Gasteiger partial charge in [0.2, 0.25) is 0 Å². The minimum atomic E-state index is -0.484. The van der Waals surface area contributed by atoms with Crippen molar-refractivity contribution in [2.45, 2.75) is 25.4 Å². The van der Waals surface area contributed by atoms with Gasteiger partial charge in [0.15, 0.2) is 0 Å². The monoisotopic (exact) mass is 401 g/mol. The van der Waals surface area contributed by atoms with E-state index in [1.165, 1.54) is 17.3 Å². The summed E-state index contributed by atoms with van der Waals surface area (Å²) in [5.74, 6) is 0. The van der Waals surface area contributed by atoms with Gasteiger partial charge in [0, 0.05) is 20.2 Å². The summed E-state index contributed by atoms with van der Waals surface area (Å²) in [6, 6.07) is 5.32. The van der Waals surface area contributed by atoms with E-state index in [2.05, 4.69) is 10.00 Å². The van der Waals surface area contributed by atoms with Crippen LogP contribution in [-0.4, -0.2) is 36.1 Å². The first-order valence-corrected chi connectivity index (χ1v) is 9.17. The molecule has 5 nitrogen and oxygen atoms in total. The van der Waals surface area contributed by atoms with Crippen molar-refractivity contribution in [1.29, 1.82) is 0 Å². The second-order valence-corrected chi connectivity index (χ2v) is 7.22. The van der Waals surface area contributed by atoms with Gasteiger partial charge in [0.25, 0.3) is 5.56 Å². The standard InChI is InChI=1S/C17H18Cl3N3O2/c1-22(10-12-4-2-3-7-25-12)15-6-5-11(8-13(15)18)23-17(24)16(20)14(19)9-21-23/h5-6,8-9,12H,2-4,7,10H2,1H3. The quantitative estimate of drug-likeness (QED) is 0.769. The van der Waals surface area contributed by atoms with Crippen molar-refractivity contribution in [1.82, 2.24) is 9.78 Å². The average molecular weight is 403 g/mol. The molecule has 1 aromatic carbocycles. The van der Waals surface area contributed by atoms with Crippen LogP contribution in [-0.2, 0) is 4.74 Å².